The van der Waals surface area contributed by atoms with Crippen molar-refractivity contribution >= 4 is 56.5 Å². The Morgan fingerprint density at radius 3 is 2.20 bits per heavy atom. The summed E-state index contributed by atoms with van der Waals surface area (Å²) in [4.78, 5) is 10.8. The SMILES string of the molecule is O=C(O)Cc1ccc(Oc2ccc(NS(=O)(=O)c3ccc(Cl)c(Cl)c3)cc2)c(Cl)c1. The van der Waals surface area contributed by atoms with E-state index in [4.69, 9.17) is 44.6 Å². The van der Waals surface area contributed by atoms with Crippen LogP contribution in [-0.4, -0.2) is 19.5 Å². The lowest BCUT2D eigenvalue weighted by atomic mass is 10.1. The summed E-state index contributed by atoms with van der Waals surface area (Å²) < 4.78 is 33.1. The van der Waals surface area contributed by atoms with Crippen molar-refractivity contribution in [2.45, 2.75) is 11.3 Å². The van der Waals surface area contributed by atoms with Gasteiger partial charge in [-0.3, -0.25) is 9.52 Å². The third-order valence-electron chi connectivity index (χ3n) is 3.89. The van der Waals surface area contributed by atoms with Crippen LogP contribution in [0.3, 0.4) is 0 Å². The lowest BCUT2D eigenvalue weighted by Gasteiger charge is -2.11. The molecule has 0 fully saturated rings. The maximum atomic E-state index is 12.5. The number of nitrogens with one attached hydrogen (secondary N) is 1. The van der Waals surface area contributed by atoms with Crippen LogP contribution >= 0.6 is 34.8 Å². The van der Waals surface area contributed by atoms with Crippen molar-refractivity contribution in [2.24, 2.45) is 0 Å². The van der Waals surface area contributed by atoms with E-state index in [0.29, 0.717) is 22.7 Å². The van der Waals surface area contributed by atoms with Crippen molar-refractivity contribution in [3.05, 3.63) is 81.3 Å². The Morgan fingerprint density at radius 2 is 1.60 bits per heavy atom. The highest BCUT2D eigenvalue weighted by Crippen LogP contribution is 2.31. The molecule has 30 heavy (non-hydrogen) atoms. The number of carboxylic acids is 1. The van der Waals surface area contributed by atoms with Gasteiger partial charge in [0.25, 0.3) is 10.0 Å². The predicted octanol–water partition coefficient (Wildman–Crippen LogP) is 5.87. The molecular formula is C20H14Cl3NO5S. The molecule has 0 aromatic heterocycles. The number of aliphatic carboxylic acids is 1. The van der Waals surface area contributed by atoms with E-state index in [1.807, 2.05) is 0 Å². The Bertz CT molecular complexity index is 1200. The van der Waals surface area contributed by atoms with Gasteiger partial charge in [-0.05, 0) is 60.2 Å². The van der Waals surface area contributed by atoms with Gasteiger partial charge in [-0.15, -0.1) is 0 Å². The highest BCUT2D eigenvalue weighted by atomic mass is 35.5. The largest absolute Gasteiger partial charge is 0.481 e. The smallest absolute Gasteiger partial charge is 0.307 e. The van der Waals surface area contributed by atoms with Crippen LogP contribution in [0, 0.1) is 0 Å². The Balaban J connectivity index is 1.72. The van der Waals surface area contributed by atoms with Crippen LogP contribution < -0.4 is 9.46 Å². The van der Waals surface area contributed by atoms with E-state index in [-0.39, 0.29) is 26.4 Å². The minimum Gasteiger partial charge on any atom is -0.481 e. The number of hydrogen-bond donors (Lipinski definition) is 2. The molecule has 156 valence electrons. The molecule has 0 amide bonds. The molecule has 6 nitrogen and oxygen atoms in total. The molecule has 3 aromatic rings. The maximum absolute atomic E-state index is 12.5. The Labute approximate surface area is 188 Å². The first-order chi connectivity index (χ1) is 14.1. The van der Waals surface area contributed by atoms with Crippen molar-refractivity contribution < 1.29 is 23.1 Å². The molecule has 0 aliphatic carbocycles. The normalized spacial score (nSPS) is 11.2. The number of benzene rings is 3. The predicted molar refractivity (Wildman–Crippen MR) is 117 cm³/mol. The highest BCUT2D eigenvalue weighted by molar-refractivity contribution is 7.92. The zero-order valence-electron chi connectivity index (χ0n) is 15.1. The van der Waals surface area contributed by atoms with E-state index in [0.717, 1.165) is 0 Å². The monoisotopic (exact) mass is 485 g/mol. The number of halogens is 3. The van der Waals surface area contributed by atoms with Gasteiger partial charge >= 0.3 is 5.97 Å². The summed E-state index contributed by atoms with van der Waals surface area (Å²) in [6, 6.07) is 14.9. The number of rotatable bonds is 7. The van der Waals surface area contributed by atoms with Crippen LogP contribution in [0.4, 0.5) is 5.69 Å². The molecule has 0 aliphatic heterocycles. The molecule has 0 bridgehead atoms. The molecule has 0 radical (unpaired) electrons. The summed E-state index contributed by atoms with van der Waals surface area (Å²) in [5, 5.41) is 9.48. The number of carbonyl (C=O) groups is 1. The molecular weight excluding hydrogens is 473 g/mol. The van der Waals surface area contributed by atoms with E-state index in [1.54, 1.807) is 24.3 Å². The highest BCUT2D eigenvalue weighted by Gasteiger charge is 2.16. The minimum absolute atomic E-state index is 0.0227. The second-order valence-electron chi connectivity index (χ2n) is 6.14. The third-order valence-corrected chi connectivity index (χ3v) is 6.30. The van der Waals surface area contributed by atoms with Gasteiger partial charge in [-0.1, -0.05) is 40.9 Å². The molecule has 0 saturated heterocycles. The molecule has 0 heterocycles. The number of ether oxygens (including phenoxy) is 1. The second-order valence-corrected chi connectivity index (χ2v) is 9.05. The summed E-state index contributed by atoms with van der Waals surface area (Å²) in [7, 11) is -3.85. The summed E-state index contributed by atoms with van der Waals surface area (Å²) in [5.74, 6) is -0.200. The van der Waals surface area contributed by atoms with Gasteiger partial charge < -0.3 is 9.84 Å². The van der Waals surface area contributed by atoms with Crippen LogP contribution in [0.1, 0.15) is 5.56 Å². The van der Waals surface area contributed by atoms with Gasteiger partial charge in [0.1, 0.15) is 11.5 Å². The van der Waals surface area contributed by atoms with Gasteiger partial charge in [0, 0.05) is 5.69 Å². The summed E-state index contributed by atoms with van der Waals surface area (Å²) in [5.41, 5.74) is 0.864. The van der Waals surface area contributed by atoms with Gasteiger partial charge in [-0.25, -0.2) is 8.42 Å². The lowest BCUT2D eigenvalue weighted by Crippen LogP contribution is -2.12. The first kappa shape index (κ1) is 22.2. The topological polar surface area (TPSA) is 92.7 Å². The van der Waals surface area contributed by atoms with Crippen molar-refractivity contribution in [2.75, 3.05) is 4.72 Å². The number of hydrogen-bond acceptors (Lipinski definition) is 4. The van der Waals surface area contributed by atoms with Crippen LogP contribution in [0.15, 0.2) is 65.6 Å². The quantitative estimate of drug-likeness (QED) is 0.436. The van der Waals surface area contributed by atoms with Crippen LogP contribution in [0.25, 0.3) is 0 Å². The molecule has 3 aromatic carbocycles. The molecule has 0 aliphatic rings. The Hall–Kier alpha value is -2.45. The summed E-state index contributed by atoms with van der Waals surface area (Å²) >= 11 is 17.9. The van der Waals surface area contributed by atoms with Crippen molar-refractivity contribution in [1.82, 2.24) is 0 Å². The standard InChI is InChI=1S/C20H14Cl3NO5S/c21-16-7-6-15(11-17(16)22)30(27,28)24-13-2-4-14(5-3-13)29-19-8-1-12(9-18(19)23)10-20(25)26/h1-9,11,24H,10H2,(H,25,26). The van der Waals surface area contributed by atoms with E-state index in [9.17, 15) is 13.2 Å². The zero-order chi connectivity index (χ0) is 21.9. The van der Waals surface area contributed by atoms with Gasteiger partial charge in [0.05, 0.1) is 26.4 Å². The first-order valence-electron chi connectivity index (χ1n) is 8.40. The Kier molecular flexibility index (Phi) is 6.77. The number of carboxylic acid groups (broad SMARTS) is 1. The zero-order valence-corrected chi connectivity index (χ0v) is 18.2. The van der Waals surface area contributed by atoms with Gasteiger partial charge in [0.15, 0.2) is 0 Å². The van der Waals surface area contributed by atoms with E-state index in [2.05, 4.69) is 4.72 Å². The van der Waals surface area contributed by atoms with Crippen molar-refractivity contribution in [3.63, 3.8) is 0 Å². The molecule has 0 spiro atoms. The summed E-state index contributed by atoms with van der Waals surface area (Å²) in [6.07, 6.45) is -0.145. The molecule has 2 N–H and O–H groups in total. The van der Waals surface area contributed by atoms with Crippen LogP contribution in [0.5, 0.6) is 11.5 Å². The van der Waals surface area contributed by atoms with E-state index < -0.39 is 16.0 Å². The molecule has 0 atom stereocenters. The minimum atomic E-state index is -3.85. The van der Waals surface area contributed by atoms with Crippen LogP contribution in [0.2, 0.25) is 15.1 Å². The second kappa shape index (κ2) is 9.14. The first-order valence-corrected chi connectivity index (χ1v) is 11.0. The van der Waals surface area contributed by atoms with Crippen molar-refractivity contribution in [3.8, 4) is 11.5 Å². The van der Waals surface area contributed by atoms with Gasteiger partial charge in [-0.2, -0.15) is 0 Å². The number of anilines is 1. The summed E-state index contributed by atoms with van der Waals surface area (Å²) in [6.45, 7) is 0. The average Bonchev–Trinajstić information content (AvgIpc) is 2.67. The fourth-order valence-electron chi connectivity index (χ4n) is 2.49. The van der Waals surface area contributed by atoms with E-state index >= 15 is 0 Å². The molecule has 3 rings (SSSR count). The average molecular weight is 487 g/mol. The Morgan fingerprint density at radius 1 is 0.900 bits per heavy atom. The van der Waals surface area contributed by atoms with E-state index in [1.165, 1.54) is 36.4 Å². The fourth-order valence-corrected chi connectivity index (χ4v) is 4.18. The van der Waals surface area contributed by atoms with Crippen LogP contribution in [-0.2, 0) is 21.2 Å². The third kappa shape index (κ3) is 5.58. The number of sulfonamides is 1. The van der Waals surface area contributed by atoms with Gasteiger partial charge in [0.2, 0.25) is 0 Å². The fraction of sp³-hybridized carbons (Fsp3) is 0.0500. The maximum Gasteiger partial charge on any atom is 0.307 e. The molecule has 10 heteroatoms. The molecule has 0 unspecified atom stereocenters. The molecule has 0 saturated carbocycles. The lowest BCUT2D eigenvalue weighted by molar-refractivity contribution is -0.136. The van der Waals surface area contributed by atoms with Crippen molar-refractivity contribution in [1.29, 1.82) is 0 Å².